The van der Waals surface area contributed by atoms with Crippen molar-refractivity contribution in [2.24, 2.45) is 0 Å². The second-order valence-electron chi connectivity index (χ2n) is 5.67. The Morgan fingerprint density at radius 1 is 1.09 bits per heavy atom. The van der Waals surface area contributed by atoms with Gasteiger partial charge in [-0.05, 0) is 45.0 Å². The second kappa shape index (κ2) is 6.39. The highest BCUT2D eigenvalue weighted by Crippen LogP contribution is 2.21. The first-order chi connectivity index (χ1) is 10.2. The van der Waals surface area contributed by atoms with Crippen molar-refractivity contribution in [2.75, 3.05) is 16.3 Å². The molecule has 0 aliphatic rings. The molecule has 2 N–H and O–H groups in total. The van der Waals surface area contributed by atoms with Crippen molar-refractivity contribution in [3.05, 3.63) is 42.2 Å². The van der Waals surface area contributed by atoms with E-state index in [9.17, 15) is 8.42 Å². The molecule has 1 aromatic heterocycles. The molecule has 120 valence electrons. The van der Waals surface area contributed by atoms with E-state index in [0.717, 1.165) is 17.5 Å². The van der Waals surface area contributed by atoms with Crippen molar-refractivity contribution in [2.45, 2.75) is 32.9 Å². The van der Waals surface area contributed by atoms with E-state index in [1.54, 1.807) is 12.1 Å². The number of aromatic nitrogens is 2. The lowest BCUT2D eigenvalue weighted by molar-refractivity contribution is 0.532. The molecule has 0 unspecified atom stereocenters. The fourth-order valence-electron chi connectivity index (χ4n) is 2.04. The van der Waals surface area contributed by atoms with Gasteiger partial charge in [-0.1, -0.05) is 0 Å². The molecule has 1 aromatic carbocycles. The standard InChI is InChI=1S/C15H22N4O2S/c1-11(2)19-10-13(9-16-19)12(3)17-14-5-7-15(8-6-14)18-22(4,20)21/h5-12,17-18H,1-4H3/t12-/m0/s1. The van der Waals surface area contributed by atoms with Crippen molar-refractivity contribution in [1.29, 1.82) is 0 Å². The highest BCUT2D eigenvalue weighted by atomic mass is 32.2. The Bertz CT molecular complexity index is 720. The highest BCUT2D eigenvalue weighted by molar-refractivity contribution is 7.92. The van der Waals surface area contributed by atoms with Crippen LogP contribution in [0.3, 0.4) is 0 Å². The molecule has 0 spiro atoms. The molecule has 2 rings (SSSR count). The van der Waals surface area contributed by atoms with E-state index in [4.69, 9.17) is 0 Å². The maximum absolute atomic E-state index is 11.2. The molecule has 1 heterocycles. The van der Waals surface area contributed by atoms with Gasteiger partial charge in [0, 0.05) is 29.2 Å². The first kappa shape index (κ1) is 16.4. The summed E-state index contributed by atoms with van der Waals surface area (Å²) in [5, 5.41) is 7.70. The molecule has 0 saturated carbocycles. The van der Waals surface area contributed by atoms with Crippen LogP contribution in [-0.4, -0.2) is 24.5 Å². The van der Waals surface area contributed by atoms with Gasteiger partial charge in [-0.15, -0.1) is 0 Å². The molecule has 1 atom stereocenters. The Labute approximate surface area is 131 Å². The maximum atomic E-state index is 11.2. The molecule has 0 aliphatic heterocycles. The SMILES string of the molecule is CC(C)n1cc([C@H](C)Nc2ccc(NS(C)(=O)=O)cc2)cn1. The summed E-state index contributed by atoms with van der Waals surface area (Å²) in [5.74, 6) is 0. The third-order valence-corrected chi connectivity index (χ3v) is 3.83. The summed E-state index contributed by atoms with van der Waals surface area (Å²) in [6, 6.07) is 7.60. The first-order valence-corrected chi connectivity index (χ1v) is 9.02. The molecule has 0 bridgehead atoms. The number of benzene rings is 1. The van der Waals surface area contributed by atoms with Gasteiger partial charge in [0.15, 0.2) is 0 Å². The fraction of sp³-hybridized carbons (Fsp3) is 0.400. The number of hydrogen-bond donors (Lipinski definition) is 2. The molecule has 7 heteroatoms. The number of rotatable bonds is 6. The summed E-state index contributed by atoms with van der Waals surface area (Å²) in [5.41, 5.74) is 2.57. The van der Waals surface area contributed by atoms with Crippen molar-refractivity contribution < 1.29 is 8.42 Å². The molecule has 2 aromatic rings. The Morgan fingerprint density at radius 2 is 1.68 bits per heavy atom. The van der Waals surface area contributed by atoms with Crippen LogP contribution >= 0.6 is 0 Å². The van der Waals surface area contributed by atoms with Gasteiger partial charge >= 0.3 is 0 Å². The lowest BCUT2D eigenvalue weighted by Gasteiger charge is -2.14. The van der Waals surface area contributed by atoms with Crippen LogP contribution in [0.5, 0.6) is 0 Å². The van der Waals surface area contributed by atoms with Gasteiger partial charge in [0.25, 0.3) is 0 Å². The average molecular weight is 322 g/mol. The first-order valence-electron chi connectivity index (χ1n) is 7.13. The zero-order valence-electron chi connectivity index (χ0n) is 13.2. The topological polar surface area (TPSA) is 76.0 Å². The number of anilines is 2. The summed E-state index contributed by atoms with van der Waals surface area (Å²) in [6.07, 6.45) is 5.02. The van der Waals surface area contributed by atoms with E-state index in [1.165, 1.54) is 0 Å². The van der Waals surface area contributed by atoms with Crippen LogP contribution in [0.15, 0.2) is 36.7 Å². The van der Waals surface area contributed by atoms with Crippen LogP contribution in [0.1, 0.15) is 38.4 Å². The smallest absolute Gasteiger partial charge is 0.229 e. The largest absolute Gasteiger partial charge is 0.378 e. The molecule has 0 amide bonds. The fourth-order valence-corrected chi connectivity index (χ4v) is 2.60. The monoisotopic (exact) mass is 322 g/mol. The van der Waals surface area contributed by atoms with E-state index in [2.05, 4.69) is 35.9 Å². The van der Waals surface area contributed by atoms with Gasteiger partial charge in [-0.3, -0.25) is 9.40 Å². The van der Waals surface area contributed by atoms with Gasteiger partial charge in [0.1, 0.15) is 0 Å². The summed E-state index contributed by atoms with van der Waals surface area (Å²) >= 11 is 0. The van der Waals surface area contributed by atoms with E-state index < -0.39 is 10.0 Å². The van der Waals surface area contributed by atoms with Crippen molar-refractivity contribution in [3.63, 3.8) is 0 Å². The van der Waals surface area contributed by atoms with Crippen molar-refractivity contribution >= 4 is 21.4 Å². The maximum Gasteiger partial charge on any atom is 0.229 e. The quantitative estimate of drug-likeness (QED) is 0.857. The number of sulfonamides is 1. The zero-order valence-corrected chi connectivity index (χ0v) is 14.1. The molecule has 0 fully saturated rings. The van der Waals surface area contributed by atoms with Gasteiger partial charge < -0.3 is 5.32 Å². The predicted molar refractivity (Wildman–Crippen MR) is 89.6 cm³/mol. The minimum absolute atomic E-state index is 0.112. The van der Waals surface area contributed by atoms with Gasteiger partial charge in [0.2, 0.25) is 10.0 Å². The van der Waals surface area contributed by atoms with Gasteiger partial charge in [-0.25, -0.2) is 8.42 Å². The van der Waals surface area contributed by atoms with E-state index in [0.29, 0.717) is 11.7 Å². The summed E-state index contributed by atoms with van der Waals surface area (Å²) < 4.78 is 26.7. The zero-order chi connectivity index (χ0) is 16.3. The van der Waals surface area contributed by atoms with Crippen LogP contribution in [0.25, 0.3) is 0 Å². The van der Waals surface area contributed by atoms with Gasteiger partial charge in [0.05, 0.1) is 18.5 Å². The number of nitrogens with one attached hydrogen (secondary N) is 2. The normalized spacial score (nSPS) is 13.1. The molecule has 0 saturated heterocycles. The Morgan fingerprint density at radius 3 is 2.18 bits per heavy atom. The van der Waals surface area contributed by atoms with Crippen LogP contribution in [0.2, 0.25) is 0 Å². The summed E-state index contributed by atoms with van der Waals surface area (Å²) in [6.45, 7) is 6.23. The Hall–Kier alpha value is -2.02. The van der Waals surface area contributed by atoms with Crippen LogP contribution < -0.4 is 10.0 Å². The molecule has 0 aliphatic carbocycles. The highest BCUT2D eigenvalue weighted by Gasteiger charge is 2.09. The summed E-state index contributed by atoms with van der Waals surface area (Å²) in [7, 11) is -3.24. The van der Waals surface area contributed by atoms with Crippen LogP contribution in [-0.2, 0) is 10.0 Å². The van der Waals surface area contributed by atoms with Gasteiger partial charge in [-0.2, -0.15) is 5.10 Å². The van der Waals surface area contributed by atoms with E-state index in [1.807, 2.05) is 29.2 Å². The van der Waals surface area contributed by atoms with Crippen molar-refractivity contribution in [3.8, 4) is 0 Å². The minimum Gasteiger partial charge on any atom is -0.378 e. The Balaban J connectivity index is 2.03. The molecule has 0 radical (unpaired) electrons. The molecule has 6 nitrogen and oxygen atoms in total. The third-order valence-electron chi connectivity index (χ3n) is 3.22. The Kier molecular flexibility index (Phi) is 4.75. The second-order valence-corrected chi connectivity index (χ2v) is 7.41. The molecular weight excluding hydrogens is 300 g/mol. The number of hydrogen-bond acceptors (Lipinski definition) is 4. The average Bonchev–Trinajstić information content (AvgIpc) is 2.89. The van der Waals surface area contributed by atoms with Crippen LogP contribution in [0, 0.1) is 0 Å². The third kappa shape index (κ3) is 4.49. The number of nitrogens with zero attached hydrogens (tertiary/aromatic N) is 2. The lowest BCUT2D eigenvalue weighted by Crippen LogP contribution is -2.10. The molecule has 22 heavy (non-hydrogen) atoms. The van der Waals surface area contributed by atoms with Crippen LogP contribution in [0.4, 0.5) is 11.4 Å². The minimum atomic E-state index is -3.24. The lowest BCUT2D eigenvalue weighted by atomic mass is 10.2. The van der Waals surface area contributed by atoms with E-state index in [-0.39, 0.29) is 6.04 Å². The predicted octanol–water partition coefficient (Wildman–Crippen LogP) is 3.01. The summed E-state index contributed by atoms with van der Waals surface area (Å²) in [4.78, 5) is 0. The molecular formula is C15H22N4O2S. The van der Waals surface area contributed by atoms with Crippen molar-refractivity contribution in [1.82, 2.24) is 9.78 Å². The van der Waals surface area contributed by atoms with E-state index >= 15 is 0 Å².